The van der Waals surface area contributed by atoms with Crippen molar-refractivity contribution >= 4 is 23.7 Å². The number of carbonyl (C=O) groups excluding carboxylic acids is 1. The predicted octanol–water partition coefficient (Wildman–Crippen LogP) is 3.05. The van der Waals surface area contributed by atoms with E-state index >= 15 is 0 Å². The zero-order chi connectivity index (χ0) is 15.2. The Morgan fingerprint density at radius 1 is 1.48 bits per heavy atom. The van der Waals surface area contributed by atoms with Gasteiger partial charge in [0.25, 0.3) is 0 Å². The van der Waals surface area contributed by atoms with E-state index in [1.54, 1.807) is 14.0 Å². The molecule has 2 aromatic rings. The second-order valence-electron chi connectivity index (χ2n) is 4.27. The Morgan fingerprint density at radius 2 is 2.19 bits per heavy atom. The molecule has 0 saturated heterocycles. The van der Waals surface area contributed by atoms with Gasteiger partial charge in [-0.25, -0.2) is 4.79 Å². The van der Waals surface area contributed by atoms with Crippen LogP contribution in [0.4, 0.5) is 10.6 Å². The van der Waals surface area contributed by atoms with Gasteiger partial charge >= 0.3 is 6.09 Å². The number of nitriles is 1. The summed E-state index contributed by atoms with van der Waals surface area (Å²) in [5.41, 5.74) is 1.59. The van der Waals surface area contributed by atoms with Crippen molar-refractivity contribution in [3.8, 4) is 5.40 Å². The predicted molar refractivity (Wildman–Crippen MR) is 79.7 cm³/mol. The minimum atomic E-state index is -0.582. The fraction of sp³-hybridized carbons (Fsp3) is 0.214. The van der Waals surface area contributed by atoms with Crippen LogP contribution in [0.25, 0.3) is 0 Å². The highest BCUT2D eigenvalue weighted by Crippen LogP contribution is 2.29. The molecule has 1 heterocycles. The molecule has 21 heavy (non-hydrogen) atoms. The maximum Gasteiger partial charge on any atom is 0.413 e. The monoisotopic (exact) mass is 302 g/mol. The number of nitrogens with zero attached hydrogens (tertiary/aromatic N) is 3. The van der Waals surface area contributed by atoms with E-state index in [0.717, 1.165) is 17.3 Å². The van der Waals surface area contributed by atoms with Crippen molar-refractivity contribution in [3.05, 3.63) is 41.6 Å². The Morgan fingerprint density at radius 3 is 2.86 bits per heavy atom. The average molecular weight is 302 g/mol. The fourth-order valence-corrected chi connectivity index (χ4v) is 2.36. The van der Waals surface area contributed by atoms with E-state index in [2.05, 4.69) is 10.4 Å². The second kappa shape index (κ2) is 6.81. The van der Waals surface area contributed by atoms with Gasteiger partial charge in [0, 0.05) is 7.05 Å². The summed E-state index contributed by atoms with van der Waals surface area (Å²) in [5.74, 6) is 0.456. The first-order valence-electron chi connectivity index (χ1n) is 6.19. The van der Waals surface area contributed by atoms with Gasteiger partial charge in [0.15, 0.2) is 0 Å². The third-order valence-electron chi connectivity index (χ3n) is 2.75. The minimum absolute atomic E-state index is 0.185. The van der Waals surface area contributed by atoms with Crippen LogP contribution >= 0.6 is 11.8 Å². The van der Waals surface area contributed by atoms with Crippen LogP contribution < -0.4 is 5.32 Å². The van der Waals surface area contributed by atoms with Crippen molar-refractivity contribution in [2.75, 3.05) is 5.32 Å². The van der Waals surface area contributed by atoms with Crippen LogP contribution in [0.5, 0.6) is 0 Å². The smallest absolute Gasteiger partial charge is 0.413 e. The maximum atomic E-state index is 11.8. The third kappa shape index (κ3) is 3.77. The molecule has 0 atom stereocenters. The summed E-state index contributed by atoms with van der Waals surface area (Å²) in [5, 5.41) is 17.6. The largest absolute Gasteiger partial charge is 0.444 e. The molecule has 0 aliphatic rings. The Balaban J connectivity index is 2.01. The molecule has 7 heteroatoms. The van der Waals surface area contributed by atoms with Crippen molar-refractivity contribution in [2.24, 2.45) is 7.05 Å². The van der Waals surface area contributed by atoms with Gasteiger partial charge in [0.2, 0.25) is 0 Å². The van der Waals surface area contributed by atoms with Crippen LogP contribution in [0.2, 0.25) is 0 Å². The first kappa shape index (κ1) is 14.9. The third-order valence-corrected chi connectivity index (χ3v) is 3.53. The highest BCUT2D eigenvalue weighted by molar-refractivity contribution is 8.03. The van der Waals surface area contributed by atoms with Crippen molar-refractivity contribution in [3.63, 3.8) is 0 Å². The van der Waals surface area contributed by atoms with Gasteiger partial charge in [0.05, 0.1) is 10.6 Å². The molecule has 0 bridgehead atoms. The molecular weight excluding hydrogens is 288 g/mol. The topological polar surface area (TPSA) is 79.9 Å². The summed E-state index contributed by atoms with van der Waals surface area (Å²) in [6.45, 7) is 1.96. The lowest BCUT2D eigenvalue weighted by atomic mass is 10.2. The second-order valence-corrected chi connectivity index (χ2v) is 5.06. The summed E-state index contributed by atoms with van der Waals surface area (Å²) in [7, 11) is 1.70. The minimum Gasteiger partial charge on any atom is -0.444 e. The van der Waals surface area contributed by atoms with Crippen LogP contribution in [0, 0.1) is 17.6 Å². The fourth-order valence-electron chi connectivity index (χ4n) is 1.80. The first-order chi connectivity index (χ1) is 10.1. The Labute approximate surface area is 126 Å². The SMILES string of the molecule is Cc1nn(C)c(NC(=O)OCc2ccccc2)c1SC#N. The van der Waals surface area contributed by atoms with Crippen molar-refractivity contribution in [1.82, 2.24) is 9.78 Å². The van der Waals surface area contributed by atoms with E-state index in [-0.39, 0.29) is 6.61 Å². The molecule has 1 amide bonds. The molecule has 1 N–H and O–H groups in total. The number of ether oxygens (including phenoxy) is 1. The van der Waals surface area contributed by atoms with Gasteiger partial charge in [-0.05, 0) is 24.2 Å². The van der Waals surface area contributed by atoms with Crippen molar-refractivity contribution < 1.29 is 9.53 Å². The summed E-state index contributed by atoms with van der Waals surface area (Å²) < 4.78 is 6.66. The molecule has 108 valence electrons. The highest BCUT2D eigenvalue weighted by Gasteiger charge is 2.16. The number of anilines is 1. The lowest BCUT2D eigenvalue weighted by molar-refractivity contribution is 0.155. The lowest BCUT2D eigenvalue weighted by Crippen LogP contribution is -2.16. The Hall–Kier alpha value is -2.46. The van der Waals surface area contributed by atoms with Crippen LogP contribution in [-0.2, 0) is 18.4 Å². The van der Waals surface area contributed by atoms with E-state index in [9.17, 15) is 4.79 Å². The number of hydrogen-bond donors (Lipinski definition) is 1. The standard InChI is InChI=1S/C14H14N4O2S/c1-10-12(21-9-15)13(18(2)17-10)16-14(19)20-8-11-6-4-3-5-7-11/h3-7H,8H2,1-2H3,(H,16,19). The van der Waals surface area contributed by atoms with Gasteiger partial charge in [-0.2, -0.15) is 10.4 Å². The van der Waals surface area contributed by atoms with Crippen molar-refractivity contribution in [2.45, 2.75) is 18.4 Å². The van der Waals surface area contributed by atoms with E-state index in [0.29, 0.717) is 16.4 Å². The van der Waals surface area contributed by atoms with Crippen LogP contribution in [0.15, 0.2) is 35.2 Å². The number of thioether (sulfide) groups is 1. The number of amides is 1. The zero-order valence-corrected chi connectivity index (χ0v) is 12.5. The normalized spacial score (nSPS) is 9.95. The molecule has 0 aliphatic heterocycles. The number of carbonyl (C=O) groups is 1. The van der Waals surface area contributed by atoms with Gasteiger partial charge in [0.1, 0.15) is 17.8 Å². The van der Waals surface area contributed by atoms with Crippen LogP contribution in [-0.4, -0.2) is 15.9 Å². The number of benzene rings is 1. The van der Waals surface area contributed by atoms with Gasteiger partial charge in [-0.1, -0.05) is 30.3 Å². The zero-order valence-electron chi connectivity index (χ0n) is 11.7. The number of thiocyanates is 1. The number of hydrogen-bond acceptors (Lipinski definition) is 5. The van der Waals surface area contributed by atoms with Gasteiger partial charge < -0.3 is 4.74 Å². The first-order valence-corrected chi connectivity index (χ1v) is 7.00. The van der Waals surface area contributed by atoms with E-state index < -0.39 is 6.09 Å². The van der Waals surface area contributed by atoms with E-state index in [1.165, 1.54) is 4.68 Å². The highest BCUT2D eigenvalue weighted by atomic mass is 32.2. The van der Waals surface area contributed by atoms with E-state index in [1.807, 2.05) is 35.7 Å². The molecule has 2 rings (SSSR count). The molecule has 0 aliphatic carbocycles. The molecule has 6 nitrogen and oxygen atoms in total. The number of aromatic nitrogens is 2. The molecule has 0 fully saturated rings. The quantitative estimate of drug-likeness (QED) is 0.693. The number of nitrogens with one attached hydrogen (secondary N) is 1. The molecule has 0 radical (unpaired) electrons. The van der Waals surface area contributed by atoms with Crippen molar-refractivity contribution in [1.29, 1.82) is 5.26 Å². The molecule has 0 unspecified atom stereocenters. The summed E-state index contributed by atoms with van der Waals surface area (Å²) in [6.07, 6.45) is -0.582. The average Bonchev–Trinajstić information content (AvgIpc) is 2.74. The lowest BCUT2D eigenvalue weighted by Gasteiger charge is -2.08. The molecular formula is C14H14N4O2S. The summed E-state index contributed by atoms with van der Waals surface area (Å²) >= 11 is 0.958. The maximum absolute atomic E-state index is 11.8. The molecule has 0 spiro atoms. The summed E-state index contributed by atoms with van der Waals surface area (Å²) in [6, 6.07) is 9.40. The molecule has 1 aromatic carbocycles. The number of rotatable bonds is 4. The molecule has 0 saturated carbocycles. The van der Waals surface area contributed by atoms with Gasteiger partial charge in [-0.3, -0.25) is 10.00 Å². The number of aryl methyl sites for hydroxylation is 2. The molecule has 1 aromatic heterocycles. The van der Waals surface area contributed by atoms with Gasteiger partial charge in [-0.15, -0.1) is 0 Å². The van der Waals surface area contributed by atoms with E-state index in [4.69, 9.17) is 10.00 Å². The Kier molecular flexibility index (Phi) is 4.85. The Bertz CT molecular complexity index is 676. The van der Waals surface area contributed by atoms with Crippen LogP contribution in [0.3, 0.4) is 0 Å². The van der Waals surface area contributed by atoms with Crippen LogP contribution in [0.1, 0.15) is 11.3 Å². The summed E-state index contributed by atoms with van der Waals surface area (Å²) in [4.78, 5) is 12.5.